The summed E-state index contributed by atoms with van der Waals surface area (Å²) in [6, 6.07) is 40.9. The molecule has 0 N–H and O–H groups in total. The Bertz CT molecular complexity index is 3700. The topological polar surface area (TPSA) is 57.0 Å². The highest BCUT2D eigenvalue weighted by molar-refractivity contribution is 6.11. The van der Waals surface area contributed by atoms with E-state index in [2.05, 4.69) is 119 Å². The number of oxazole rings is 2. The summed E-state index contributed by atoms with van der Waals surface area (Å²) in [6.07, 6.45) is 0. The van der Waals surface area contributed by atoms with Gasteiger partial charge in [0.25, 0.3) is 0 Å². The van der Waals surface area contributed by atoms with Crippen molar-refractivity contribution in [3.63, 3.8) is 0 Å². The summed E-state index contributed by atoms with van der Waals surface area (Å²) < 4.78 is 81.3. The molecule has 0 atom stereocenters. The lowest BCUT2D eigenvalue weighted by molar-refractivity contribution is 0.617. The zero-order chi connectivity index (χ0) is 45.5. The van der Waals surface area contributed by atoms with E-state index in [9.17, 15) is 0 Å². The Kier molecular flexibility index (Phi) is 5.41. The predicted octanol–water partition coefficient (Wildman–Crippen LogP) is 14.0. The van der Waals surface area contributed by atoms with E-state index in [1.165, 1.54) is 38.5 Å². The third kappa shape index (κ3) is 4.96. The van der Waals surface area contributed by atoms with Crippen LogP contribution in [0.25, 0.3) is 106 Å². The zero-order valence-electron chi connectivity index (χ0n) is 39.3. The summed E-state index contributed by atoms with van der Waals surface area (Å²) in [4.78, 5) is 9.10. The number of benzene rings is 8. The van der Waals surface area contributed by atoms with Gasteiger partial charge in [-0.25, -0.2) is 9.97 Å². The maximum Gasteiger partial charge on any atom is 0.227 e. The summed E-state index contributed by atoms with van der Waals surface area (Å²) in [7, 11) is 0. The van der Waals surface area contributed by atoms with Crippen LogP contribution in [-0.2, 0) is 5.41 Å². The van der Waals surface area contributed by atoms with E-state index in [-0.39, 0.29) is 63.6 Å². The number of nitrogens with zero attached hydrogens (tertiary/aromatic N) is 3. The van der Waals surface area contributed by atoms with Crippen LogP contribution in [0.5, 0.6) is 0 Å². The molecule has 0 amide bonds. The molecule has 5 heteroatoms. The normalized spacial score (nSPS) is 15.1. The molecule has 0 saturated heterocycles. The van der Waals surface area contributed by atoms with Crippen molar-refractivity contribution in [2.75, 3.05) is 0 Å². The molecule has 58 heavy (non-hydrogen) atoms. The minimum absolute atomic E-state index is 0.0138. The van der Waals surface area contributed by atoms with Gasteiger partial charge in [-0.1, -0.05) is 105 Å². The van der Waals surface area contributed by atoms with Gasteiger partial charge in [-0.05, 0) is 129 Å². The fourth-order valence-electron chi connectivity index (χ4n) is 8.73. The van der Waals surface area contributed by atoms with Crippen molar-refractivity contribution in [3.05, 3.63) is 187 Å². The minimum Gasteiger partial charge on any atom is -0.436 e. The Labute approximate surface area is 345 Å². The summed E-state index contributed by atoms with van der Waals surface area (Å²) >= 11 is 0. The number of hydrogen-bond acceptors (Lipinski definition) is 4. The van der Waals surface area contributed by atoms with Crippen molar-refractivity contribution in [2.24, 2.45) is 0 Å². The molecule has 3 aromatic heterocycles. The van der Waals surface area contributed by atoms with Crippen molar-refractivity contribution in [2.45, 2.75) is 19.3 Å². The van der Waals surface area contributed by atoms with Crippen molar-refractivity contribution in [3.8, 4) is 62.0 Å². The van der Waals surface area contributed by atoms with Gasteiger partial charge in [-0.3, -0.25) is 0 Å². The quantitative estimate of drug-likeness (QED) is 0.176. The predicted molar refractivity (Wildman–Crippen MR) is 235 cm³/mol. The molecule has 0 bridgehead atoms. The van der Waals surface area contributed by atoms with Crippen LogP contribution >= 0.6 is 0 Å². The molecule has 0 saturated carbocycles. The van der Waals surface area contributed by atoms with Gasteiger partial charge >= 0.3 is 0 Å². The molecule has 0 radical (unpaired) electrons. The highest BCUT2D eigenvalue weighted by Gasteiger charge is 2.36. The first-order valence-corrected chi connectivity index (χ1v) is 19.1. The second-order valence-electron chi connectivity index (χ2n) is 15.3. The van der Waals surface area contributed by atoms with E-state index in [4.69, 9.17) is 19.8 Å². The van der Waals surface area contributed by atoms with Crippen molar-refractivity contribution in [1.82, 2.24) is 14.5 Å². The molecule has 1 aliphatic rings. The molecule has 1 aliphatic carbocycles. The lowest BCUT2D eigenvalue weighted by Crippen LogP contribution is -2.15. The largest absolute Gasteiger partial charge is 0.436 e. The van der Waals surface area contributed by atoms with E-state index in [1.54, 1.807) is 6.07 Å². The minimum atomic E-state index is -0.434. The average Bonchev–Trinajstić information content (AvgIpc) is 4.12. The molecule has 0 aliphatic heterocycles. The van der Waals surface area contributed by atoms with Gasteiger partial charge in [0.1, 0.15) is 11.0 Å². The van der Waals surface area contributed by atoms with Crippen molar-refractivity contribution < 1.29 is 19.8 Å². The monoisotopic (exact) mass is 753 g/mol. The maximum atomic E-state index is 8.50. The fourth-order valence-corrected chi connectivity index (χ4v) is 8.73. The highest BCUT2D eigenvalue weighted by atomic mass is 16.4. The standard InChI is InChI=1S/C53H35N3O2/c1-53(2)43-29-34(23-24-39(43)41-30-42-40-17-6-9-20-47(40)56(48(42)31-44(41)53)38-15-4-3-5-16-38)32-13-12-14-33(25-32)35-26-36(51-54-45-18-7-10-21-49(45)57-51)28-37(27-35)52-55-46-19-8-11-22-50(46)58-52/h3-31H,1-2H3/i7D,8D,10D,11D,18D,19D,21D,22D. The molecule has 274 valence electrons. The van der Waals surface area contributed by atoms with E-state index in [0.29, 0.717) is 16.7 Å². The van der Waals surface area contributed by atoms with Crippen LogP contribution in [0.3, 0.4) is 0 Å². The first kappa shape index (κ1) is 25.6. The Morgan fingerprint density at radius 3 is 1.79 bits per heavy atom. The molecule has 11 aromatic rings. The van der Waals surface area contributed by atoms with Crippen LogP contribution < -0.4 is 0 Å². The van der Waals surface area contributed by atoms with Gasteiger partial charge < -0.3 is 13.4 Å². The number of hydrogen-bond donors (Lipinski definition) is 0. The first-order chi connectivity index (χ1) is 31.8. The summed E-state index contributed by atoms with van der Waals surface area (Å²) in [5.74, 6) is 0.0804. The second-order valence-corrected chi connectivity index (χ2v) is 15.3. The Balaban J connectivity index is 0.992. The SMILES string of the molecule is [2H]c1c([2H])c([2H])c2oc(-c3cc(-c4cccc(-c5ccc6c(c5)C(C)(C)c5cc7c(cc5-6)c5ccccc5n7-c5ccccc5)c4)cc(-c4nc5c([2H])c([2H])c([2H])c([2H])c5o4)c3)nc2c1[2H]. The van der Waals surface area contributed by atoms with Crippen molar-refractivity contribution >= 4 is 44.0 Å². The maximum absolute atomic E-state index is 8.50. The van der Waals surface area contributed by atoms with E-state index in [0.717, 1.165) is 27.9 Å². The molecule has 0 spiro atoms. The molecule has 3 heterocycles. The van der Waals surface area contributed by atoms with Gasteiger partial charge in [-0.2, -0.15) is 0 Å². The van der Waals surface area contributed by atoms with Crippen molar-refractivity contribution in [1.29, 1.82) is 0 Å². The third-order valence-corrected chi connectivity index (χ3v) is 11.5. The van der Waals surface area contributed by atoms with Gasteiger partial charge in [0, 0.05) is 33.0 Å². The smallest absolute Gasteiger partial charge is 0.227 e. The molecular formula is C53H35N3O2. The van der Waals surface area contributed by atoms with Crippen LogP contribution in [0.4, 0.5) is 0 Å². The van der Waals surface area contributed by atoms with Crippen LogP contribution in [-0.4, -0.2) is 14.5 Å². The van der Waals surface area contributed by atoms with Crippen LogP contribution in [0, 0.1) is 0 Å². The zero-order valence-corrected chi connectivity index (χ0v) is 31.3. The van der Waals surface area contributed by atoms with Crippen LogP contribution in [0.1, 0.15) is 35.9 Å². The average molecular weight is 754 g/mol. The van der Waals surface area contributed by atoms with Gasteiger partial charge in [0.2, 0.25) is 11.8 Å². The van der Waals surface area contributed by atoms with Gasteiger partial charge in [-0.15, -0.1) is 0 Å². The number of rotatable bonds is 5. The highest BCUT2D eigenvalue weighted by Crippen LogP contribution is 2.52. The molecule has 5 nitrogen and oxygen atoms in total. The third-order valence-electron chi connectivity index (χ3n) is 11.5. The van der Waals surface area contributed by atoms with Crippen LogP contribution in [0.15, 0.2) is 185 Å². The number of fused-ring (bicyclic) bond motifs is 8. The molecule has 8 aromatic carbocycles. The number of para-hydroxylation sites is 6. The summed E-state index contributed by atoms with van der Waals surface area (Å²) in [5, 5.41) is 2.41. The Morgan fingerprint density at radius 2 is 1.07 bits per heavy atom. The summed E-state index contributed by atoms with van der Waals surface area (Å²) in [5.41, 5.74) is 12.2. The Morgan fingerprint density at radius 1 is 0.483 bits per heavy atom. The molecular weight excluding hydrogens is 711 g/mol. The van der Waals surface area contributed by atoms with Gasteiger partial charge in [0.05, 0.1) is 22.0 Å². The summed E-state index contributed by atoms with van der Waals surface area (Å²) in [6.45, 7) is 4.58. The van der Waals surface area contributed by atoms with E-state index < -0.39 is 24.2 Å². The van der Waals surface area contributed by atoms with E-state index >= 15 is 0 Å². The molecule has 0 unspecified atom stereocenters. The van der Waals surface area contributed by atoms with Crippen LogP contribution in [0.2, 0.25) is 0 Å². The van der Waals surface area contributed by atoms with E-state index in [1.807, 2.05) is 30.3 Å². The Hall–Kier alpha value is -7.50. The molecule has 12 rings (SSSR count). The lowest BCUT2D eigenvalue weighted by Gasteiger charge is -2.22. The number of aromatic nitrogens is 3. The first-order valence-electron chi connectivity index (χ1n) is 23.1. The lowest BCUT2D eigenvalue weighted by atomic mass is 9.81. The van der Waals surface area contributed by atoms with Gasteiger partial charge in [0.15, 0.2) is 11.2 Å². The fraction of sp³-hybridized carbons (Fsp3) is 0.0566. The molecule has 0 fully saturated rings. The second kappa shape index (κ2) is 12.2.